The maximum absolute atomic E-state index is 2.32. The van der Waals surface area contributed by atoms with Crippen LogP contribution in [0, 0.1) is 11.8 Å². The summed E-state index contributed by atoms with van der Waals surface area (Å²) in [5.41, 5.74) is 0. The molecular weight excluding hydrogens is 268 g/mol. The monoisotopic (exact) mass is 286 g/mol. The van der Waals surface area contributed by atoms with Gasteiger partial charge in [-0.15, -0.1) is 0 Å². The minimum Gasteiger partial charge on any atom is -0.0776 e. The summed E-state index contributed by atoms with van der Waals surface area (Å²) in [4.78, 5) is 0. The fourth-order valence-electron chi connectivity index (χ4n) is 0.940. The molecule has 0 amide bonds. The Kier molecular flexibility index (Phi) is 7.05. The van der Waals surface area contributed by atoms with Crippen LogP contribution in [0.2, 0.25) is 0 Å². The molecule has 1 heterocycles. The van der Waals surface area contributed by atoms with Crippen molar-refractivity contribution in [3.63, 3.8) is 0 Å². The SMILES string of the molecule is CC(C)C[C@@H]1SSS[C@@H](C(C)C)SS1. The summed E-state index contributed by atoms with van der Waals surface area (Å²) in [5, 5.41) is 0. The topological polar surface area (TPSA) is 0 Å². The van der Waals surface area contributed by atoms with Gasteiger partial charge >= 0.3 is 0 Å². The molecule has 0 nitrogen and oxygen atoms in total. The van der Waals surface area contributed by atoms with E-state index >= 15 is 0 Å². The van der Waals surface area contributed by atoms with Crippen molar-refractivity contribution in [2.75, 3.05) is 0 Å². The first-order chi connectivity index (χ1) is 6.59. The zero-order chi connectivity index (χ0) is 10.6. The predicted octanol–water partition coefficient (Wildman–Crippen LogP) is 5.77. The molecule has 14 heavy (non-hydrogen) atoms. The molecule has 0 unspecified atom stereocenters. The highest BCUT2D eigenvalue weighted by molar-refractivity contribution is 9.13. The molecule has 1 saturated heterocycles. The molecule has 0 aliphatic carbocycles. The molecule has 0 radical (unpaired) electrons. The molecule has 0 spiro atoms. The van der Waals surface area contributed by atoms with Crippen LogP contribution >= 0.6 is 53.0 Å². The summed E-state index contributed by atoms with van der Waals surface area (Å²) in [6, 6.07) is 0. The zero-order valence-electron chi connectivity index (χ0n) is 9.06. The van der Waals surface area contributed by atoms with E-state index in [1.807, 2.05) is 20.6 Å². The Labute approximate surface area is 107 Å². The van der Waals surface area contributed by atoms with Crippen LogP contribution in [-0.2, 0) is 0 Å². The van der Waals surface area contributed by atoms with E-state index in [1.165, 1.54) is 6.42 Å². The minimum absolute atomic E-state index is 0.759. The van der Waals surface area contributed by atoms with Crippen molar-refractivity contribution in [3.05, 3.63) is 0 Å². The van der Waals surface area contributed by atoms with Crippen LogP contribution in [0.1, 0.15) is 34.1 Å². The number of rotatable bonds is 3. The van der Waals surface area contributed by atoms with Gasteiger partial charge in [0, 0.05) is 0 Å². The normalized spacial score (nSPS) is 29.6. The average molecular weight is 287 g/mol. The summed E-state index contributed by atoms with van der Waals surface area (Å²) in [6.45, 7) is 9.27. The first-order valence-electron chi connectivity index (χ1n) is 4.90. The third-order valence-corrected chi connectivity index (χ3v) is 11.8. The molecule has 1 rings (SSSR count). The summed E-state index contributed by atoms with van der Waals surface area (Å²) < 4.78 is 1.54. The van der Waals surface area contributed by atoms with Crippen LogP contribution in [-0.4, -0.2) is 9.16 Å². The summed E-state index contributed by atoms with van der Waals surface area (Å²) in [7, 11) is 10.3. The second-order valence-corrected chi connectivity index (χ2v) is 11.7. The van der Waals surface area contributed by atoms with Crippen molar-refractivity contribution in [1.82, 2.24) is 0 Å². The van der Waals surface area contributed by atoms with E-state index in [0.29, 0.717) is 0 Å². The predicted molar refractivity (Wildman–Crippen MR) is 79.8 cm³/mol. The molecule has 0 saturated carbocycles. The van der Waals surface area contributed by atoms with Gasteiger partial charge in [0.2, 0.25) is 0 Å². The van der Waals surface area contributed by atoms with Crippen LogP contribution < -0.4 is 0 Å². The summed E-state index contributed by atoms with van der Waals surface area (Å²) >= 11 is 0. The highest BCUT2D eigenvalue weighted by Gasteiger charge is 2.24. The van der Waals surface area contributed by atoms with Crippen molar-refractivity contribution in [2.45, 2.75) is 43.3 Å². The lowest BCUT2D eigenvalue weighted by atomic mass is 10.2. The molecule has 0 aromatic heterocycles. The van der Waals surface area contributed by atoms with Gasteiger partial charge < -0.3 is 0 Å². The van der Waals surface area contributed by atoms with Crippen molar-refractivity contribution in [3.8, 4) is 0 Å². The Bertz CT molecular complexity index is 159. The number of hydrogen-bond acceptors (Lipinski definition) is 5. The van der Waals surface area contributed by atoms with Gasteiger partial charge in [-0.3, -0.25) is 0 Å². The third kappa shape index (κ3) is 5.19. The van der Waals surface area contributed by atoms with Crippen LogP contribution in [0.25, 0.3) is 0 Å². The van der Waals surface area contributed by atoms with Gasteiger partial charge in [0.25, 0.3) is 0 Å². The van der Waals surface area contributed by atoms with Gasteiger partial charge in [-0.05, 0) is 28.1 Å². The van der Waals surface area contributed by atoms with Gasteiger partial charge in [-0.2, -0.15) is 0 Å². The fraction of sp³-hybridized carbons (Fsp3) is 1.00. The Morgan fingerprint density at radius 3 is 2.21 bits per heavy atom. The number of hydrogen-bond donors (Lipinski definition) is 0. The quantitative estimate of drug-likeness (QED) is 0.603. The lowest BCUT2D eigenvalue weighted by Gasteiger charge is -2.16. The van der Waals surface area contributed by atoms with Crippen molar-refractivity contribution in [2.24, 2.45) is 11.8 Å². The Morgan fingerprint density at radius 1 is 0.929 bits per heavy atom. The molecule has 2 atom stereocenters. The summed E-state index contributed by atoms with van der Waals surface area (Å²) in [5.74, 6) is 1.60. The van der Waals surface area contributed by atoms with E-state index in [0.717, 1.165) is 21.0 Å². The van der Waals surface area contributed by atoms with Crippen molar-refractivity contribution >= 4 is 53.0 Å². The van der Waals surface area contributed by atoms with Crippen LogP contribution in [0.3, 0.4) is 0 Å². The van der Waals surface area contributed by atoms with E-state index in [9.17, 15) is 0 Å². The standard InChI is InChI=1S/C9H18S5/c1-6(2)5-8-10-12-9(7(3)4)13-14-11-8/h6-9H,5H2,1-4H3/t8-,9-/m0/s1. The zero-order valence-corrected chi connectivity index (χ0v) is 13.1. The van der Waals surface area contributed by atoms with E-state index in [1.54, 1.807) is 0 Å². The molecule has 0 aromatic carbocycles. The molecule has 5 heteroatoms. The maximum atomic E-state index is 2.32. The smallest absolute Gasteiger partial charge is 0.0740 e. The third-order valence-electron chi connectivity index (χ3n) is 1.75. The van der Waals surface area contributed by atoms with Gasteiger partial charge in [-0.1, -0.05) is 70.9 Å². The maximum Gasteiger partial charge on any atom is 0.0740 e. The first kappa shape index (κ1) is 13.8. The molecule has 0 aromatic rings. The molecule has 84 valence electrons. The van der Waals surface area contributed by atoms with Gasteiger partial charge in [0.05, 0.1) is 9.16 Å². The highest BCUT2D eigenvalue weighted by Crippen LogP contribution is 2.58. The van der Waals surface area contributed by atoms with Crippen LogP contribution in [0.4, 0.5) is 0 Å². The van der Waals surface area contributed by atoms with E-state index in [-0.39, 0.29) is 0 Å². The molecule has 0 N–H and O–H groups in total. The molecule has 1 aliphatic rings. The second kappa shape index (κ2) is 7.15. The fourth-order valence-corrected chi connectivity index (χ4v) is 12.9. The summed E-state index contributed by atoms with van der Waals surface area (Å²) in [6.07, 6.45) is 1.33. The van der Waals surface area contributed by atoms with E-state index in [2.05, 4.69) is 60.1 Å². The first-order valence-corrected chi connectivity index (χ1v) is 10.8. The van der Waals surface area contributed by atoms with Gasteiger partial charge in [0.15, 0.2) is 0 Å². The highest BCUT2D eigenvalue weighted by atomic mass is 33.5. The molecular formula is C9H18S5. The van der Waals surface area contributed by atoms with E-state index in [4.69, 9.17) is 0 Å². The lowest BCUT2D eigenvalue weighted by Crippen LogP contribution is -2.03. The van der Waals surface area contributed by atoms with Crippen LogP contribution in [0.5, 0.6) is 0 Å². The molecule has 0 bridgehead atoms. The average Bonchev–Trinajstić information content (AvgIpc) is 2.28. The van der Waals surface area contributed by atoms with Crippen molar-refractivity contribution in [1.29, 1.82) is 0 Å². The minimum atomic E-state index is 0.759. The van der Waals surface area contributed by atoms with E-state index < -0.39 is 0 Å². The molecule has 1 aliphatic heterocycles. The largest absolute Gasteiger partial charge is 0.0776 e. The molecule has 1 fully saturated rings. The Morgan fingerprint density at radius 2 is 1.64 bits per heavy atom. The van der Waals surface area contributed by atoms with Crippen molar-refractivity contribution < 1.29 is 0 Å². The van der Waals surface area contributed by atoms with Crippen LogP contribution in [0.15, 0.2) is 0 Å². The van der Waals surface area contributed by atoms with Gasteiger partial charge in [-0.25, -0.2) is 0 Å². The Balaban J connectivity index is 2.33. The van der Waals surface area contributed by atoms with Gasteiger partial charge in [0.1, 0.15) is 0 Å². The Hall–Kier alpha value is 1.75. The lowest BCUT2D eigenvalue weighted by molar-refractivity contribution is 0.621. The second-order valence-electron chi connectivity index (χ2n) is 4.12.